The van der Waals surface area contributed by atoms with Crippen LogP contribution in [-0.2, 0) is 0 Å². The van der Waals surface area contributed by atoms with Gasteiger partial charge in [-0.1, -0.05) is 53.3 Å². The lowest BCUT2D eigenvalue weighted by atomic mass is 10.3. The summed E-state index contributed by atoms with van der Waals surface area (Å²) in [7, 11) is 0. The Balaban J connectivity index is 3.00. The summed E-state index contributed by atoms with van der Waals surface area (Å²) >= 11 is 23.3. The maximum absolute atomic E-state index is 5.90. The molecular formula is C9H8Cl4N2. The van der Waals surface area contributed by atoms with E-state index in [1.54, 1.807) is 12.1 Å². The van der Waals surface area contributed by atoms with Crippen LogP contribution in [0.15, 0.2) is 22.4 Å². The SMILES string of the molecule is CCC(Cl)N=Nc1c(Cl)cc(Cl)cc1Cl. The van der Waals surface area contributed by atoms with Crippen LogP contribution in [0.5, 0.6) is 0 Å². The van der Waals surface area contributed by atoms with Crippen LogP contribution in [-0.4, -0.2) is 5.50 Å². The van der Waals surface area contributed by atoms with Crippen molar-refractivity contribution in [3.63, 3.8) is 0 Å². The van der Waals surface area contributed by atoms with E-state index < -0.39 is 0 Å². The van der Waals surface area contributed by atoms with E-state index >= 15 is 0 Å². The second-order valence-electron chi connectivity index (χ2n) is 2.78. The summed E-state index contributed by atoms with van der Waals surface area (Å²) in [4.78, 5) is 0. The van der Waals surface area contributed by atoms with Crippen molar-refractivity contribution in [2.45, 2.75) is 18.8 Å². The standard InChI is InChI=1S/C9H8Cl4N2/c1-2-8(13)14-15-9-6(11)3-5(10)4-7(9)12/h3-4,8H,2H2,1H3. The van der Waals surface area contributed by atoms with Gasteiger partial charge in [0.15, 0.2) is 0 Å². The van der Waals surface area contributed by atoms with Crippen LogP contribution in [0, 0.1) is 0 Å². The van der Waals surface area contributed by atoms with Crippen LogP contribution in [0.1, 0.15) is 13.3 Å². The van der Waals surface area contributed by atoms with Crippen LogP contribution >= 0.6 is 46.4 Å². The van der Waals surface area contributed by atoms with E-state index in [0.29, 0.717) is 27.2 Å². The van der Waals surface area contributed by atoms with Gasteiger partial charge in [0, 0.05) is 5.02 Å². The van der Waals surface area contributed by atoms with Crippen molar-refractivity contribution >= 4 is 52.1 Å². The van der Waals surface area contributed by atoms with Gasteiger partial charge in [-0.15, -0.1) is 0 Å². The quantitative estimate of drug-likeness (QED) is 0.386. The third-order valence-corrected chi connectivity index (χ3v) is 2.79. The molecule has 6 heteroatoms. The molecule has 0 radical (unpaired) electrons. The molecule has 15 heavy (non-hydrogen) atoms. The third kappa shape index (κ3) is 3.80. The van der Waals surface area contributed by atoms with Crippen LogP contribution in [0.2, 0.25) is 15.1 Å². The molecular weight excluding hydrogens is 278 g/mol. The first kappa shape index (κ1) is 13.0. The van der Waals surface area contributed by atoms with E-state index in [1.165, 1.54) is 0 Å². The highest BCUT2D eigenvalue weighted by Gasteiger charge is 2.07. The number of hydrogen-bond donors (Lipinski definition) is 0. The summed E-state index contributed by atoms with van der Waals surface area (Å²) in [6, 6.07) is 3.11. The van der Waals surface area contributed by atoms with Crippen molar-refractivity contribution in [3.8, 4) is 0 Å². The first-order chi connectivity index (χ1) is 7.04. The minimum atomic E-state index is -0.368. The summed E-state index contributed by atoms with van der Waals surface area (Å²) in [6.45, 7) is 1.90. The molecule has 0 amide bonds. The maximum Gasteiger partial charge on any atom is 0.144 e. The number of azo groups is 1. The molecule has 0 aromatic heterocycles. The molecule has 1 aromatic carbocycles. The second kappa shape index (κ2) is 5.90. The first-order valence-electron chi connectivity index (χ1n) is 4.24. The van der Waals surface area contributed by atoms with Gasteiger partial charge in [-0.25, -0.2) is 0 Å². The maximum atomic E-state index is 5.90. The highest BCUT2D eigenvalue weighted by molar-refractivity contribution is 6.41. The van der Waals surface area contributed by atoms with Crippen LogP contribution in [0.4, 0.5) is 5.69 Å². The average molecular weight is 286 g/mol. The van der Waals surface area contributed by atoms with Crippen molar-refractivity contribution in [2.75, 3.05) is 0 Å². The number of hydrogen-bond acceptors (Lipinski definition) is 2. The van der Waals surface area contributed by atoms with Gasteiger partial charge in [-0.3, -0.25) is 0 Å². The van der Waals surface area contributed by atoms with Gasteiger partial charge in [0.1, 0.15) is 11.2 Å². The van der Waals surface area contributed by atoms with Crippen LogP contribution in [0.25, 0.3) is 0 Å². The van der Waals surface area contributed by atoms with Crippen molar-refractivity contribution in [1.29, 1.82) is 0 Å². The smallest absolute Gasteiger partial charge is 0.144 e. The fourth-order valence-corrected chi connectivity index (χ4v) is 1.77. The summed E-state index contributed by atoms with van der Waals surface area (Å²) in [6.07, 6.45) is 0.688. The molecule has 0 aliphatic heterocycles. The Morgan fingerprint density at radius 2 is 1.73 bits per heavy atom. The third-order valence-electron chi connectivity index (χ3n) is 1.60. The summed E-state index contributed by atoms with van der Waals surface area (Å²) in [5.74, 6) is 0. The molecule has 0 saturated carbocycles. The molecule has 0 spiro atoms. The molecule has 0 saturated heterocycles. The normalized spacial score (nSPS) is 13.4. The Morgan fingerprint density at radius 3 is 2.20 bits per heavy atom. The summed E-state index contributed by atoms with van der Waals surface area (Å²) in [5, 5.41) is 8.91. The van der Waals surface area contributed by atoms with Gasteiger partial charge in [0.2, 0.25) is 0 Å². The lowest BCUT2D eigenvalue weighted by molar-refractivity contribution is 0.809. The van der Waals surface area contributed by atoms with Crippen LogP contribution in [0.3, 0.4) is 0 Å². The Bertz CT molecular complexity index is 355. The molecule has 1 unspecified atom stereocenters. The zero-order valence-corrected chi connectivity index (χ0v) is 10.9. The number of benzene rings is 1. The van der Waals surface area contributed by atoms with E-state index in [2.05, 4.69) is 10.2 Å². The Labute approximate surface area is 108 Å². The van der Waals surface area contributed by atoms with Crippen molar-refractivity contribution < 1.29 is 0 Å². The molecule has 1 atom stereocenters. The highest BCUT2D eigenvalue weighted by atomic mass is 35.5. The Morgan fingerprint density at radius 1 is 1.20 bits per heavy atom. The fourth-order valence-electron chi connectivity index (χ4n) is 0.832. The van der Waals surface area contributed by atoms with E-state index in [-0.39, 0.29) is 5.50 Å². The predicted molar refractivity (Wildman–Crippen MR) is 65.9 cm³/mol. The van der Waals surface area contributed by atoms with Crippen molar-refractivity contribution in [3.05, 3.63) is 27.2 Å². The van der Waals surface area contributed by atoms with Gasteiger partial charge in [0.25, 0.3) is 0 Å². The monoisotopic (exact) mass is 284 g/mol. The minimum Gasteiger partial charge on any atom is -0.169 e. The minimum absolute atomic E-state index is 0.358. The highest BCUT2D eigenvalue weighted by Crippen LogP contribution is 2.36. The van der Waals surface area contributed by atoms with Crippen LogP contribution < -0.4 is 0 Å². The molecule has 0 aliphatic carbocycles. The molecule has 1 rings (SSSR count). The first-order valence-corrected chi connectivity index (χ1v) is 5.81. The lowest BCUT2D eigenvalue weighted by Crippen LogP contribution is -1.87. The fraction of sp³-hybridized carbons (Fsp3) is 0.333. The average Bonchev–Trinajstić information content (AvgIpc) is 2.15. The summed E-state index contributed by atoms with van der Waals surface area (Å²) in [5.41, 5.74) is 0.0228. The van der Waals surface area contributed by atoms with Gasteiger partial charge >= 0.3 is 0 Å². The topological polar surface area (TPSA) is 24.7 Å². The number of alkyl halides is 1. The predicted octanol–water partition coefficient (Wildman–Crippen LogP) is 5.71. The van der Waals surface area contributed by atoms with Crippen molar-refractivity contribution in [2.24, 2.45) is 10.2 Å². The molecule has 1 aromatic rings. The van der Waals surface area contributed by atoms with Gasteiger partial charge in [0.05, 0.1) is 10.0 Å². The zero-order chi connectivity index (χ0) is 11.4. The molecule has 0 aliphatic rings. The molecule has 0 bridgehead atoms. The summed E-state index contributed by atoms with van der Waals surface area (Å²) < 4.78 is 0. The van der Waals surface area contributed by atoms with E-state index in [1.807, 2.05) is 6.92 Å². The largest absolute Gasteiger partial charge is 0.169 e. The van der Waals surface area contributed by atoms with E-state index in [0.717, 1.165) is 0 Å². The number of rotatable bonds is 3. The molecule has 0 N–H and O–H groups in total. The molecule has 82 valence electrons. The number of halogens is 4. The molecule has 0 heterocycles. The Hall–Kier alpha value is -0.0200. The van der Waals surface area contributed by atoms with E-state index in [9.17, 15) is 0 Å². The van der Waals surface area contributed by atoms with Gasteiger partial charge < -0.3 is 0 Å². The molecule has 2 nitrogen and oxygen atoms in total. The zero-order valence-electron chi connectivity index (χ0n) is 7.85. The lowest BCUT2D eigenvalue weighted by Gasteiger charge is -2.02. The Kier molecular flexibility index (Phi) is 5.13. The van der Waals surface area contributed by atoms with Crippen molar-refractivity contribution in [1.82, 2.24) is 0 Å². The second-order valence-corrected chi connectivity index (χ2v) is 4.53. The molecule has 0 fully saturated rings. The van der Waals surface area contributed by atoms with Gasteiger partial charge in [-0.05, 0) is 18.6 Å². The van der Waals surface area contributed by atoms with E-state index in [4.69, 9.17) is 46.4 Å². The van der Waals surface area contributed by atoms with Gasteiger partial charge in [-0.2, -0.15) is 10.2 Å². The number of nitrogens with zero attached hydrogens (tertiary/aromatic N) is 2.